The average molecular weight is 354 g/mol. The number of nitrogens with one attached hydrogen (secondary N) is 1. The second-order valence-electron chi connectivity index (χ2n) is 6.09. The molecule has 1 aliphatic heterocycles. The van der Waals surface area contributed by atoms with Crippen molar-refractivity contribution in [2.75, 3.05) is 25.7 Å². The smallest absolute Gasteiger partial charge is 0.406 e. The number of rotatable bonds is 6. The van der Waals surface area contributed by atoms with Crippen LogP contribution in [0.25, 0.3) is 0 Å². The zero-order valence-corrected chi connectivity index (χ0v) is 14.9. The maximum Gasteiger partial charge on any atom is 0.406 e. The number of carbonyl (C=O) groups excluding carboxylic acids is 2. The second kappa shape index (κ2) is 7.91. The van der Waals surface area contributed by atoms with Crippen LogP contribution in [-0.2, 0) is 16.1 Å². The lowest BCUT2D eigenvalue weighted by molar-refractivity contribution is -0.119. The number of anilines is 1. The predicted molar refractivity (Wildman–Crippen MR) is 98.4 cm³/mol. The molecule has 6 nitrogen and oxygen atoms in total. The van der Waals surface area contributed by atoms with Gasteiger partial charge >= 0.3 is 6.09 Å². The fourth-order valence-electron chi connectivity index (χ4n) is 3.22. The van der Waals surface area contributed by atoms with Gasteiger partial charge in [-0.2, -0.15) is 0 Å². The van der Waals surface area contributed by atoms with Crippen molar-refractivity contribution in [3.63, 3.8) is 0 Å². The molecule has 0 spiro atoms. The van der Waals surface area contributed by atoms with E-state index in [0.717, 1.165) is 16.8 Å². The van der Waals surface area contributed by atoms with Crippen molar-refractivity contribution >= 4 is 17.7 Å². The van der Waals surface area contributed by atoms with E-state index < -0.39 is 6.09 Å². The zero-order valence-electron chi connectivity index (χ0n) is 14.9. The molecule has 3 rings (SSSR count). The summed E-state index contributed by atoms with van der Waals surface area (Å²) in [6.07, 6.45) is 0.00167. The SMILES string of the molecule is COC(=O)NCCC1C(=O)N(Cc2ccccc2)c2ccc(OC)cc21. The summed E-state index contributed by atoms with van der Waals surface area (Å²) < 4.78 is 9.90. The summed E-state index contributed by atoms with van der Waals surface area (Å²) in [5.74, 6) is 0.425. The van der Waals surface area contributed by atoms with Gasteiger partial charge in [-0.05, 0) is 35.7 Å². The fourth-order valence-corrected chi connectivity index (χ4v) is 3.22. The Balaban J connectivity index is 1.84. The number of ether oxygens (including phenoxy) is 2. The monoisotopic (exact) mass is 354 g/mol. The van der Waals surface area contributed by atoms with E-state index in [-0.39, 0.29) is 11.8 Å². The number of benzene rings is 2. The largest absolute Gasteiger partial charge is 0.497 e. The predicted octanol–water partition coefficient (Wildman–Crippen LogP) is 3.07. The highest BCUT2D eigenvalue weighted by atomic mass is 16.5. The van der Waals surface area contributed by atoms with Crippen molar-refractivity contribution in [2.45, 2.75) is 18.9 Å². The quantitative estimate of drug-likeness (QED) is 0.866. The van der Waals surface area contributed by atoms with Crippen LogP contribution in [0.1, 0.15) is 23.5 Å². The molecule has 2 aromatic carbocycles. The van der Waals surface area contributed by atoms with Crippen LogP contribution < -0.4 is 15.0 Å². The first-order valence-corrected chi connectivity index (χ1v) is 8.49. The molecule has 0 radical (unpaired) electrons. The second-order valence-corrected chi connectivity index (χ2v) is 6.09. The number of alkyl carbamates (subject to hydrolysis) is 1. The lowest BCUT2D eigenvalue weighted by atomic mass is 9.97. The first kappa shape index (κ1) is 17.8. The molecule has 2 amide bonds. The first-order chi connectivity index (χ1) is 12.6. The highest BCUT2D eigenvalue weighted by Gasteiger charge is 2.37. The number of nitrogens with zero attached hydrogens (tertiary/aromatic N) is 1. The molecule has 1 heterocycles. The Labute approximate surface area is 152 Å². The van der Waals surface area contributed by atoms with Gasteiger partial charge in [0.15, 0.2) is 0 Å². The van der Waals surface area contributed by atoms with E-state index >= 15 is 0 Å². The lowest BCUT2D eigenvalue weighted by Crippen LogP contribution is -2.31. The number of hydrogen-bond donors (Lipinski definition) is 1. The topological polar surface area (TPSA) is 67.9 Å². The normalized spacial score (nSPS) is 15.5. The molecule has 26 heavy (non-hydrogen) atoms. The molecular formula is C20H22N2O4. The maximum atomic E-state index is 13.1. The third-order valence-electron chi connectivity index (χ3n) is 4.54. The molecule has 1 N–H and O–H groups in total. The Morgan fingerprint density at radius 2 is 1.92 bits per heavy atom. The molecular weight excluding hydrogens is 332 g/mol. The van der Waals surface area contributed by atoms with Crippen molar-refractivity contribution in [1.82, 2.24) is 5.32 Å². The van der Waals surface area contributed by atoms with Gasteiger partial charge in [0, 0.05) is 12.2 Å². The molecule has 6 heteroatoms. The molecule has 136 valence electrons. The van der Waals surface area contributed by atoms with Gasteiger partial charge in [0.05, 0.1) is 26.7 Å². The van der Waals surface area contributed by atoms with Crippen molar-refractivity contribution < 1.29 is 19.1 Å². The summed E-state index contributed by atoms with van der Waals surface area (Å²) in [7, 11) is 2.92. The average Bonchev–Trinajstić information content (AvgIpc) is 2.93. The van der Waals surface area contributed by atoms with E-state index in [0.29, 0.717) is 25.3 Å². The molecule has 0 aromatic heterocycles. The van der Waals surface area contributed by atoms with Crippen LogP contribution in [0.4, 0.5) is 10.5 Å². The molecule has 1 unspecified atom stereocenters. The number of hydrogen-bond acceptors (Lipinski definition) is 4. The standard InChI is InChI=1S/C20H22N2O4/c1-25-15-8-9-18-17(12-15)16(10-11-21-20(24)26-2)19(23)22(18)13-14-6-4-3-5-7-14/h3-9,12,16H,10-11,13H2,1-2H3,(H,21,24). The number of fused-ring (bicyclic) bond motifs is 1. The highest BCUT2D eigenvalue weighted by molar-refractivity contribution is 6.05. The molecule has 2 aromatic rings. The van der Waals surface area contributed by atoms with Crippen molar-refractivity contribution in [3.05, 3.63) is 59.7 Å². The summed E-state index contributed by atoms with van der Waals surface area (Å²) in [6, 6.07) is 15.6. The minimum atomic E-state index is -0.498. The van der Waals surface area contributed by atoms with E-state index in [4.69, 9.17) is 4.74 Å². The van der Waals surface area contributed by atoms with Gasteiger partial charge in [-0.25, -0.2) is 4.79 Å². The van der Waals surface area contributed by atoms with Gasteiger partial charge < -0.3 is 19.7 Å². The summed E-state index contributed by atoms with van der Waals surface area (Å²) >= 11 is 0. The third-order valence-corrected chi connectivity index (χ3v) is 4.54. The van der Waals surface area contributed by atoms with Crippen LogP contribution in [0.3, 0.4) is 0 Å². The summed E-state index contributed by atoms with van der Waals surface area (Å²) in [5, 5.41) is 2.64. The first-order valence-electron chi connectivity index (χ1n) is 8.49. The fraction of sp³-hybridized carbons (Fsp3) is 0.300. The molecule has 0 bridgehead atoms. The van der Waals surface area contributed by atoms with Crippen LogP contribution in [0, 0.1) is 0 Å². The van der Waals surface area contributed by atoms with E-state index in [1.54, 1.807) is 12.0 Å². The number of carbonyl (C=O) groups is 2. The van der Waals surface area contributed by atoms with Crippen LogP contribution in [0.2, 0.25) is 0 Å². The van der Waals surface area contributed by atoms with Crippen molar-refractivity contribution in [1.29, 1.82) is 0 Å². The number of methoxy groups -OCH3 is 2. The lowest BCUT2D eigenvalue weighted by Gasteiger charge is -2.18. The van der Waals surface area contributed by atoms with Gasteiger partial charge in [-0.3, -0.25) is 4.79 Å². The highest BCUT2D eigenvalue weighted by Crippen LogP contribution is 2.41. The summed E-state index contributed by atoms with van der Waals surface area (Å²) in [5.41, 5.74) is 2.88. The van der Waals surface area contributed by atoms with E-state index in [9.17, 15) is 9.59 Å². The molecule has 1 aliphatic rings. The molecule has 0 saturated carbocycles. The number of amides is 2. The van der Waals surface area contributed by atoms with E-state index in [2.05, 4.69) is 10.1 Å². The van der Waals surface area contributed by atoms with Crippen molar-refractivity contribution in [3.8, 4) is 5.75 Å². The minimum absolute atomic E-state index is 0.0313. The Morgan fingerprint density at radius 1 is 1.15 bits per heavy atom. The van der Waals surface area contributed by atoms with Crippen LogP contribution in [-0.4, -0.2) is 32.8 Å². The Bertz CT molecular complexity index is 792. The van der Waals surface area contributed by atoms with Crippen LogP contribution in [0.15, 0.2) is 48.5 Å². The van der Waals surface area contributed by atoms with Gasteiger partial charge in [-0.1, -0.05) is 30.3 Å². The molecule has 0 aliphatic carbocycles. The van der Waals surface area contributed by atoms with Crippen LogP contribution >= 0.6 is 0 Å². The van der Waals surface area contributed by atoms with Gasteiger partial charge in [0.25, 0.3) is 0 Å². The Hall–Kier alpha value is -3.02. The summed E-state index contributed by atoms with van der Waals surface area (Å²) in [4.78, 5) is 26.1. The van der Waals surface area contributed by atoms with Gasteiger partial charge in [-0.15, -0.1) is 0 Å². The molecule has 0 fully saturated rings. The maximum absolute atomic E-state index is 13.1. The Kier molecular flexibility index (Phi) is 5.41. The Morgan fingerprint density at radius 3 is 2.62 bits per heavy atom. The van der Waals surface area contributed by atoms with Crippen LogP contribution in [0.5, 0.6) is 5.75 Å². The van der Waals surface area contributed by atoms with E-state index in [1.807, 2.05) is 48.5 Å². The molecule has 1 atom stereocenters. The summed E-state index contributed by atoms with van der Waals surface area (Å²) in [6.45, 7) is 0.874. The van der Waals surface area contributed by atoms with Crippen molar-refractivity contribution in [2.24, 2.45) is 0 Å². The minimum Gasteiger partial charge on any atom is -0.497 e. The van der Waals surface area contributed by atoms with E-state index in [1.165, 1.54) is 7.11 Å². The molecule has 0 saturated heterocycles. The zero-order chi connectivity index (χ0) is 18.5. The van der Waals surface area contributed by atoms with Gasteiger partial charge in [0.2, 0.25) is 5.91 Å². The third kappa shape index (κ3) is 3.64. The van der Waals surface area contributed by atoms with Gasteiger partial charge in [0.1, 0.15) is 5.75 Å².